The van der Waals surface area contributed by atoms with Gasteiger partial charge >= 0.3 is 15.6 Å². The number of hydrogen-bond acceptors (Lipinski definition) is 5. The van der Waals surface area contributed by atoms with Gasteiger partial charge in [-0.15, -0.1) is 0 Å². The molecule has 0 spiro atoms. The average molecular weight is 270 g/mol. The van der Waals surface area contributed by atoms with Crippen molar-refractivity contribution in [2.75, 3.05) is 0 Å². The van der Waals surface area contributed by atoms with Gasteiger partial charge in [0.1, 0.15) is 6.10 Å². The van der Waals surface area contributed by atoms with Gasteiger partial charge in [-0.2, -0.15) is 21.6 Å². The highest BCUT2D eigenvalue weighted by Crippen LogP contribution is 2.29. The summed E-state index contributed by atoms with van der Waals surface area (Å²) in [5.74, 6) is 0. The van der Waals surface area contributed by atoms with E-state index in [4.69, 9.17) is 0 Å². The van der Waals surface area contributed by atoms with E-state index < -0.39 is 21.7 Å². The largest absolute Gasteiger partial charge is 0.523 e. The molecule has 0 N–H and O–H groups in total. The Morgan fingerprint density at radius 2 is 1.82 bits per heavy atom. The molecule has 0 aliphatic rings. The lowest BCUT2D eigenvalue weighted by Crippen LogP contribution is -2.27. The highest BCUT2D eigenvalue weighted by Gasteiger charge is 2.48. The van der Waals surface area contributed by atoms with Crippen molar-refractivity contribution >= 4 is 10.1 Å². The minimum Gasteiger partial charge on any atom is -0.258 e. The van der Waals surface area contributed by atoms with Gasteiger partial charge in [-0.25, -0.2) is 0 Å². The van der Waals surface area contributed by atoms with E-state index in [0.29, 0.717) is 5.69 Å². The summed E-state index contributed by atoms with van der Waals surface area (Å²) >= 11 is 0. The van der Waals surface area contributed by atoms with E-state index in [9.17, 15) is 21.6 Å². The molecule has 0 aromatic carbocycles. The second-order valence-corrected chi connectivity index (χ2v) is 4.73. The molecule has 0 radical (unpaired) electrons. The lowest BCUT2D eigenvalue weighted by Gasteiger charge is -2.14. The fraction of sp³-hybridized carbons (Fsp3) is 0.500. The van der Waals surface area contributed by atoms with Gasteiger partial charge in [-0.3, -0.25) is 14.2 Å². The summed E-state index contributed by atoms with van der Waals surface area (Å²) in [5.41, 5.74) is -5.10. The zero-order valence-corrected chi connectivity index (χ0v) is 9.71. The Hall–Kier alpha value is -1.22. The molecule has 0 fully saturated rings. The monoisotopic (exact) mass is 270 g/mol. The third-order valence-electron chi connectivity index (χ3n) is 1.86. The molecule has 1 atom stereocenters. The van der Waals surface area contributed by atoms with E-state index in [1.807, 2.05) is 0 Å². The SMILES string of the molecule is Cc1nccnc1C(C)OS(=O)(=O)C(F)(F)F. The summed E-state index contributed by atoms with van der Waals surface area (Å²) in [4.78, 5) is 7.50. The molecule has 96 valence electrons. The minimum atomic E-state index is -5.63. The fourth-order valence-electron chi connectivity index (χ4n) is 1.11. The maximum atomic E-state index is 12.1. The Labute approximate surface area is 95.8 Å². The number of nitrogens with zero attached hydrogens (tertiary/aromatic N) is 2. The van der Waals surface area contributed by atoms with Gasteiger partial charge in [0.25, 0.3) is 0 Å². The number of aryl methyl sites for hydroxylation is 1. The first-order chi connectivity index (χ1) is 7.65. The number of alkyl halides is 3. The van der Waals surface area contributed by atoms with Crippen LogP contribution in [0.25, 0.3) is 0 Å². The maximum absolute atomic E-state index is 12.1. The molecule has 0 bridgehead atoms. The Bertz CT molecular complexity index is 501. The zero-order valence-electron chi connectivity index (χ0n) is 8.89. The third-order valence-corrected chi connectivity index (χ3v) is 2.97. The lowest BCUT2D eigenvalue weighted by molar-refractivity contribution is -0.0570. The predicted molar refractivity (Wildman–Crippen MR) is 51.2 cm³/mol. The van der Waals surface area contributed by atoms with E-state index in [0.717, 1.165) is 6.92 Å². The molecule has 5 nitrogen and oxygen atoms in total. The van der Waals surface area contributed by atoms with Crippen molar-refractivity contribution in [2.24, 2.45) is 0 Å². The van der Waals surface area contributed by atoms with Crippen molar-refractivity contribution in [2.45, 2.75) is 25.5 Å². The highest BCUT2D eigenvalue weighted by molar-refractivity contribution is 7.87. The second kappa shape index (κ2) is 4.57. The highest BCUT2D eigenvalue weighted by atomic mass is 32.2. The second-order valence-electron chi connectivity index (χ2n) is 3.17. The van der Waals surface area contributed by atoms with Gasteiger partial charge in [0.2, 0.25) is 0 Å². The Balaban J connectivity index is 2.96. The summed E-state index contributed by atoms with van der Waals surface area (Å²) in [6.45, 7) is 2.64. The van der Waals surface area contributed by atoms with Crippen molar-refractivity contribution in [3.05, 3.63) is 23.8 Å². The first kappa shape index (κ1) is 13.8. The van der Waals surface area contributed by atoms with Crippen LogP contribution in [0.1, 0.15) is 24.4 Å². The summed E-state index contributed by atoms with van der Waals surface area (Å²) in [7, 11) is -5.63. The molecule has 17 heavy (non-hydrogen) atoms. The molecule has 0 saturated heterocycles. The van der Waals surface area contributed by atoms with Gasteiger partial charge in [-0.05, 0) is 13.8 Å². The molecular weight excluding hydrogens is 261 g/mol. The van der Waals surface area contributed by atoms with Crippen LogP contribution in [0.3, 0.4) is 0 Å². The average Bonchev–Trinajstić information content (AvgIpc) is 2.15. The topological polar surface area (TPSA) is 69.2 Å². The first-order valence-electron chi connectivity index (χ1n) is 4.42. The molecule has 0 aliphatic carbocycles. The molecule has 1 aromatic rings. The van der Waals surface area contributed by atoms with Crippen molar-refractivity contribution in [1.82, 2.24) is 9.97 Å². The summed E-state index contributed by atoms with van der Waals surface area (Å²) in [6.07, 6.45) is 1.22. The van der Waals surface area contributed by atoms with Gasteiger partial charge in [0.15, 0.2) is 0 Å². The Kier molecular flexibility index (Phi) is 3.72. The first-order valence-corrected chi connectivity index (χ1v) is 5.83. The van der Waals surface area contributed by atoms with Gasteiger partial charge < -0.3 is 0 Å². The number of hydrogen-bond donors (Lipinski definition) is 0. The zero-order chi connectivity index (χ0) is 13.3. The van der Waals surface area contributed by atoms with Crippen LogP contribution in [0, 0.1) is 6.92 Å². The quantitative estimate of drug-likeness (QED) is 0.617. The standard InChI is InChI=1S/C8H9F3N2O3S/c1-5-7(13-4-3-12-5)6(2)16-17(14,15)8(9,10)11/h3-4,6H,1-2H3. The van der Waals surface area contributed by atoms with Gasteiger partial charge in [0, 0.05) is 12.4 Å². The summed E-state index contributed by atoms with van der Waals surface area (Å²) in [5, 5.41) is 0. The van der Waals surface area contributed by atoms with E-state index in [1.54, 1.807) is 0 Å². The van der Waals surface area contributed by atoms with Crippen LogP contribution in [0.5, 0.6) is 0 Å². The van der Waals surface area contributed by atoms with E-state index in [1.165, 1.54) is 19.3 Å². The molecule has 1 rings (SSSR count). The van der Waals surface area contributed by atoms with Crippen LogP contribution in [-0.2, 0) is 14.3 Å². The Morgan fingerprint density at radius 1 is 1.29 bits per heavy atom. The van der Waals surface area contributed by atoms with Crippen LogP contribution >= 0.6 is 0 Å². The molecule has 1 unspecified atom stereocenters. The minimum absolute atomic E-state index is 0.0420. The van der Waals surface area contributed by atoms with Crippen LogP contribution in [0.15, 0.2) is 12.4 Å². The molecular formula is C8H9F3N2O3S. The van der Waals surface area contributed by atoms with Crippen molar-refractivity contribution < 1.29 is 25.8 Å². The van der Waals surface area contributed by atoms with Crippen LogP contribution in [0.2, 0.25) is 0 Å². The van der Waals surface area contributed by atoms with E-state index >= 15 is 0 Å². The molecule has 1 aromatic heterocycles. The molecule has 9 heteroatoms. The lowest BCUT2D eigenvalue weighted by atomic mass is 10.2. The summed E-state index contributed by atoms with van der Waals surface area (Å²) < 4.78 is 61.7. The molecule has 0 saturated carbocycles. The fourth-order valence-corrected chi connectivity index (χ4v) is 1.69. The maximum Gasteiger partial charge on any atom is 0.523 e. The van der Waals surface area contributed by atoms with E-state index in [-0.39, 0.29) is 5.69 Å². The van der Waals surface area contributed by atoms with Gasteiger partial charge in [0.05, 0.1) is 11.4 Å². The van der Waals surface area contributed by atoms with Crippen molar-refractivity contribution in [3.63, 3.8) is 0 Å². The third kappa shape index (κ3) is 3.13. The number of halogens is 3. The molecule has 1 heterocycles. The summed E-state index contributed by atoms with van der Waals surface area (Å²) in [6, 6.07) is 0. The van der Waals surface area contributed by atoms with Crippen LogP contribution in [0.4, 0.5) is 13.2 Å². The van der Waals surface area contributed by atoms with Crippen LogP contribution in [-0.4, -0.2) is 23.9 Å². The van der Waals surface area contributed by atoms with Crippen LogP contribution < -0.4 is 0 Å². The van der Waals surface area contributed by atoms with Crippen molar-refractivity contribution in [1.29, 1.82) is 0 Å². The normalized spacial score (nSPS) is 14.6. The van der Waals surface area contributed by atoms with E-state index in [2.05, 4.69) is 14.2 Å². The molecule has 0 aliphatic heterocycles. The number of rotatable bonds is 3. The van der Waals surface area contributed by atoms with Gasteiger partial charge in [-0.1, -0.05) is 0 Å². The van der Waals surface area contributed by atoms with Crippen molar-refractivity contribution in [3.8, 4) is 0 Å². The Morgan fingerprint density at radius 3 is 2.29 bits per heavy atom. The predicted octanol–water partition coefficient (Wildman–Crippen LogP) is 1.71. The smallest absolute Gasteiger partial charge is 0.258 e. The number of aromatic nitrogens is 2. The molecule has 0 amide bonds.